The molecule has 0 saturated carbocycles. The summed E-state index contributed by atoms with van der Waals surface area (Å²) >= 11 is 0. The molecule has 0 spiro atoms. The largest absolute Gasteiger partial charge is 0.485 e. The number of nitrogens with zero attached hydrogens (tertiary/aromatic N) is 1. The third kappa shape index (κ3) is 3.55. The second-order valence-electron chi connectivity index (χ2n) is 7.87. The third-order valence-electron chi connectivity index (χ3n) is 5.42. The zero-order chi connectivity index (χ0) is 21.4. The van der Waals surface area contributed by atoms with Crippen LogP contribution >= 0.6 is 7.29 Å². The Hall–Kier alpha value is -2.90. The predicted molar refractivity (Wildman–Crippen MR) is 119 cm³/mol. The molecule has 0 amide bonds. The fourth-order valence-electron chi connectivity index (χ4n) is 3.77. The van der Waals surface area contributed by atoms with Gasteiger partial charge in [0.05, 0.1) is 12.6 Å². The van der Waals surface area contributed by atoms with Crippen LogP contribution in [0.5, 0.6) is 5.75 Å². The Bertz CT molecular complexity index is 1100. The van der Waals surface area contributed by atoms with Crippen LogP contribution in [-0.4, -0.2) is 16.8 Å². The molecule has 3 aromatic carbocycles. The number of fused-ring (bicyclic) bond motifs is 1. The Morgan fingerprint density at radius 2 is 1.57 bits per heavy atom. The molecule has 0 radical (unpaired) electrons. The maximum Gasteiger partial charge on any atom is 0.205 e. The van der Waals surface area contributed by atoms with E-state index >= 15 is 0 Å². The molecule has 5 nitrogen and oxygen atoms in total. The van der Waals surface area contributed by atoms with Crippen molar-refractivity contribution in [2.24, 2.45) is 0 Å². The summed E-state index contributed by atoms with van der Waals surface area (Å²) in [6.45, 7) is 10.9. The van der Waals surface area contributed by atoms with Gasteiger partial charge in [-0.25, -0.2) is 9.93 Å². The molecule has 3 aromatic rings. The molecule has 1 heterocycles. The maximum atomic E-state index is 14.5. The van der Waals surface area contributed by atoms with Crippen LogP contribution in [0.1, 0.15) is 25.5 Å². The standard InChI is InChI=1S/C24H23N2O3P/c1-24(2)23(27)22(20-16-17(25-3)14-15-21(20)29-24)26-30(28,18-10-6-4-7-11-18)19-12-8-5-9-13-19/h4-16,22-23,27H,1-2H3,(H,26,28)/t22-,23+/m1/s1. The molecule has 2 N–H and O–H groups in total. The number of aliphatic hydroxyl groups is 1. The summed E-state index contributed by atoms with van der Waals surface area (Å²) in [6.07, 6.45) is -0.980. The topological polar surface area (TPSA) is 62.9 Å². The van der Waals surface area contributed by atoms with Gasteiger partial charge in [-0.05, 0) is 50.2 Å². The molecule has 152 valence electrons. The Morgan fingerprint density at radius 3 is 2.10 bits per heavy atom. The van der Waals surface area contributed by atoms with Crippen molar-refractivity contribution in [3.8, 4) is 5.75 Å². The van der Waals surface area contributed by atoms with Crippen molar-refractivity contribution in [1.82, 2.24) is 5.09 Å². The molecule has 0 aromatic heterocycles. The molecule has 0 aliphatic carbocycles. The smallest absolute Gasteiger partial charge is 0.205 e. The van der Waals surface area contributed by atoms with Crippen LogP contribution in [0.3, 0.4) is 0 Å². The van der Waals surface area contributed by atoms with Gasteiger partial charge in [0.1, 0.15) is 17.5 Å². The highest BCUT2D eigenvalue weighted by Gasteiger charge is 2.45. The highest BCUT2D eigenvalue weighted by atomic mass is 31.2. The summed E-state index contributed by atoms with van der Waals surface area (Å²) < 4.78 is 20.5. The van der Waals surface area contributed by atoms with E-state index in [1.165, 1.54) is 0 Å². The number of benzene rings is 3. The van der Waals surface area contributed by atoms with Crippen LogP contribution < -0.4 is 20.4 Å². The van der Waals surface area contributed by atoms with Gasteiger partial charge in [-0.2, -0.15) is 0 Å². The van der Waals surface area contributed by atoms with Crippen LogP contribution in [0, 0.1) is 6.57 Å². The summed E-state index contributed by atoms with van der Waals surface area (Å²) in [5, 5.41) is 15.8. The minimum atomic E-state index is -3.31. The first-order valence-electron chi connectivity index (χ1n) is 9.73. The molecule has 0 saturated heterocycles. The van der Waals surface area contributed by atoms with E-state index in [9.17, 15) is 9.67 Å². The quantitative estimate of drug-likeness (QED) is 0.489. The predicted octanol–water partition coefficient (Wildman–Crippen LogP) is 4.33. The van der Waals surface area contributed by atoms with Crippen molar-refractivity contribution in [3.63, 3.8) is 0 Å². The zero-order valence-corrected chi connectivity index (χ0v) is 17.7. The summed E-state index contributed by atoms with van der Waals surface area (Å²) in [5.74, 6) is 0.572. The van der Waals surface area contributed by atoms with Crippen molar-refractivity contribution in [2.45, 2.75) is 31.6 Å². The van der Waals surface area contributed by atoms with E-state index in [0.717, 1.165) is 0 Å². The van der Waals surface area contributed by atoms with E-state index in [0.29, 0.717) is 27.6 Å². The van der Waals surface area contributed by atoms with Crippen LogP contribution in [0.2, 0.25) is 0 Å². The number of nitrogens with one attached hydrogen (secondary N) is 1. The van der Waals surface area contributed by atoms with Crippen LogP contribution in [-0.2, 0) is 4.57 Å². The lowest BCUT2D eigenvalue weighted by molar-refractivity contribution is -0.0602. The van der Waals surface area contributed by atoms with Crippen molar-refractivity contribution < 1.29 is 14.4 Å². The first kappa shape index (κ1) is 20.4. The maximum absolute atomic E-state index is 14.5. The molecule has 2 atom stereocenters. The lowest BCUT2D eigenvalue weighted by Crippen LogP contribution is -2.52. The summed E-state index contributed by atoms with van der Waals surface area (Å²) in [6, 6.07) is 22.9. The number of aliphatic hydroxyl groups excluding tert-OH is 1. The Morgan fingerprint density at radius 1 is 1.00 bits per heavy atom. The fourth-order valence-corrected chi connectivity index (χ4v) is 6.22. The normalized spacial score (nSPS) is 19.9. The first-order valence-corrected chi connectivity index (χ1v) is 11.4. The van der Waals surface area contributed by atoms with Gasteiger partial charge in [0.2, 0.25) is 7.29 Å². The van der Waals surface area contributed by atoms with E-state index in [4.69, 9.17) is 11.3 Å². The number of hydrogen-bond donors (Lipinski definition) is 2. The molecule has 0 unspecified atom stereocenters. The van der Waals surface area contributed by atoms with Gasteiger partial charge >= 0.3 is 0 Å². The van der Waals surface area contributed by atoms with Gasteiger partial charge in [-0.15, -0.1) is 0 Å². The van der Waals surface area contributed by atoms with Crippen LogP contribution in [0.25, 0.3) is 4.85 Å². The Balaban J connectivity index is 1.88. The number of ether oxygens (including phenoxy) is 1. The summed E-state index contributed by atoms with van der Waals surface area (Å²) in [4.78, 5) is 3.50. The average molecular weight is 418 g/mol. The second kappa shape index (κ2) is 7.74. The number of rotatable bonds is 4. The fraction of sp³-hybridized carbons (Fsp3) is 0.208. The summed E-state index contributed by atoms with van der Waals surface area (Å²) in [7, 11) is -3.31. The Kier molecular flexibility index (Phi) is 5.26. The van der Waals surface area contributed by atoms with E-state index in [1.807, 2.05) is 60.7 Å². The van der Waals surface area contributed by atoms with E-state index in [2.05, 4.69) is 9.93 Å². The van der Waals surface area contributed by atoms with Crippen LogP contribution in [0.4, 0.5) is 5.69 Å². The van der Waals surface area contributed by atoms with Crippen molar-refractivity contribution in [2.75, 3.05) is 0 Å². The molecule has 1 aliphatic rings. The molecule has 4 rings (SSSR count). The van der Waals surface area contributed by atoms with Gasteiger partial charge < -0.3 is 9.84 Å². The highest BCUT2D eigenvalue weighted by Crippen LogP contribution is 2.48. The van der Waals surface area contributed by atoms with Gasteiger partial charge in [0.25, 0.3) is 0 Å². The van der Waals surface area contributed by atoms with Crippen LogP contribution in [0.15, 0.2) is 78.9 Å². The molecular weight excluding hydrogens is 395 g/mol. The lowest BCUT2D eigenvalue weighted by atomic mass is 9.87. The van der Waals surface area contributed by atoms with Crippen molar-refractivity contribution >= 4 is 23.6 Å². The molecular formula is C24H23N2O3P. The zero-order valence-electron chi connectivity index (χ0n) is 16.8. The lowest BCUT2D eigenvalue weighted by Gasteiger charge is -2.43. The van der Waals surface area contributed by atoms with E-state index < -0.39 is 25.0 Å². The molecule has 0 bridgehead atoms. The molecule has 30 heavy (non-hydrogen) atoms. The highest BCUT2D eigenvalue weighted by molar-refractivity contribution is 7.76. The molecule has 1 aliphatic heterocycles. The molecule has 6 heteroatoms. The van der Waals surface area contributed by atoms with E-state index in [1.54, 1.807) is 32.0 Å². The van der Waals surface area contributed by atoms with E-state index in [-0.39, 0.29) is 0 Å². The van der Waals surface area contributed by atoms with Crippen molar-refractivity contribution in [1.29, 1.82) is 0 Å². The Labute approximate surface area is 176 Å². The first-order chi connectivity index (χ1) is 14.3. The monoisotopic (exact) mass is 418 g/mol. The SMILES string of the molecule is [C-]#[N+]c1ccc2c(c1)[C@@H](NP(=O)(c1ccccc1)c1ccccc1)[C@H](O)C(C)(C)O2. The van der Waals surface area contributed by atoms with Gasteiger partial charge in [0, 0.05) is 16.2 Å². The van der Waals surface area contributed by atoms with Gasteiger partial charge in [0.15, 0.2) is 5.69 Å². The van der Waals surface area contributed by atoms with Crippen molar-refractivity contribution in [3.05, 3.63) is 95.8 Å². The second-order valence-corrected chi connectivity index (χ2v) is 10.4. The number of hydrogen-bond acceptors (Lipinski definition) is 3. The van der Waals surface area contributed by atoms with Gasteiger partial charge in [-0.1, -0.05) is 42.5 Å². The molecule has 0 fully saturated rings. The summed E-state index contributed by atoms with van der Waals surface area (Å²) in [5.41, 5.74) is 0.162. The van der Waals surface area contributed by atoms with Gasteiger partial charge in [-0.3, -0.25) is 4.57 Å². The average Bonchev–Trinajstić information content (AvgIpc) is 2.77. The minimum Gasteiger partial charge on any atom is -0.485 e. The third-order valence-corrected chi connectivity index (χ3v) is 8.11. The minimum absolute atomic E-state index is 0.435.